The number of hydrogen-bond acceptors (Lipinski definition) is 4. The summed E-state index contributed by atoms with van der Waals surface area (Å²) >= 11 is 3.36. The molecule has 0 N–H and O–H groups in total. The molecule has 0 spiro atoms. The summed E-state index contributed by atoms with van der Waals surface area (Å²) in [5, 5.41) is 0. The van der Waals surface area contributed by atoms with Crippen molar-refractivity contribution in [2.24, 2.45) is 0 Å². The van der Waals surface area contributed by atoms with Gasteiger partial charge >= 0.3 is 5.97 Å². The van der Waals surface area contributed by atoms with Crippen molar-refractivity contribution in [1.29, 1.82) is 0 Å². The van der Waals surface area contributed by atoms with Gasteiger partial charge < -0.3 is 14.2 Å². The van der Waals surface area contributed by atoms with E-state index in [1.165, 1.54) is 7.11 Å². The molecule has 0 radical (unpaired) electrons. The van der Waals surface area contributed by atoms with Crippen molar-refractivity contribution in [3.05, 3.63) is 22.7 Å². The third-order valence-electron chi connectivity index (χ3n) is 2.14. The minimum Gasteiger partial charge on any atom is -0.495 e. The van der Waals surface area contributed by atoms with Crippen molar-refractivity contribution in [1.82, 2.24) is 0 Å². The summed E-state index contributed by atoms with van der Waals surface area (Å²) < 4.78 is 16.0. The van der Waals surface area contributed by atoms with Crippen molar-refractivity contribution in [3.63, 3.8) is 0 Å². The summed E-state index contributed by atoms with van der Waals surface area (Å²) in [6, 6.07) is 5.49. The van der Waals surface area contributed by atoms with E-state index < -0.39 is 0 Å². The minimum atomic E-state index is -0.220. The highest BCUT2D eigenvalue weighted by atomic mass is 79.9. The van der Waals surface area contributed by atoms with Crippen LogP contribution in [0.25, 0.3) is 0 Å². The van der Waals surface area contributed by atoms with E-state index in [0.717, 1.165) is 16.0 Å². The lowest BCUT2D eigenvalue weighted by Gasteiger charge is -2.08. The molecule has 0 aromatic heterocycles. The number of rotatable bonds is 6. The van der Waals surface area contributed by atoms with Gasteiger partial charge in [0.1, 0.15) is 11.5 Å². The largest absolute Gasteiger partial charge is 0.495 e. The standard InChI is InChI=1S/C12H15BrO4/c1-15-11-8-9(5-6-10(11)13)17-7-3-4-12(14)16-2/h5-6,8H,3-4,7H2,1-2H3. The maximum Gasteiger partial charge on any atom is 0.305 e. The lowest BCUT2D eigenvalue weighted by atomic mass is 10.3. The maximum absolute atomic E-state index is 10.9. The van der Waals surface area contributed by atoms with Gasteiger partial charge in [-0.05, 0) is 34.5 Å². The van der Waals surface area contributed by atoms with Gasteiger partial charge in [0.25, 0.3) is 0 Å². The fraction of sp³-hybridized carbons (Fsp3) is 0.417. The topological polar surface area (TPSA) is 44.8 Å². The Morgan fingerprint density at radius 1 is 1.35 bits per heavy atom. The second-order valence-corrected chi connectivity index (χ2v) is 4.18. The molecule has 0 atom stereocenters. The minimum absolute atomic E-state index is 0.220. The normalized spacial score (nSPS) is 9.82. The number of halogens is 1. The number of carbonyl (C=O) groups is 1. The first kappa shape index (κ1) is 13.8. The van der Waals surface area contributed by atoms with Crippen LogP contribution in [0.15, 0.2) is 22.7 Å². The molecule has 0 saturated heterocycles. The monoisotopic (exact) mass is 302 g/mol. The fourth-order valence-corrected chi connectivity index (χ4v) is 1.65. The van der Waals surface area contributed by atoms with Gasteiger partial charge in [-0.1, -0.05) is 0 Å². The van der Waals surface area contributed by atoms with Crippen LogP contribution in [0.2, 0.25) is 0 Å². The zero-order valence-corrected chi connectivity index (χ0v) is 11.5. The fourth-order valence-electron chi connectivity index (χ4n) is 1.24. The lowest BCUT2D eigenvalue weighted by molar-refractivity contribution is -0.140. The van der Waals surface area contributed by atoms with E-state index in [1.807, 2.05) is 12.1 Å². The highest BCUT2D eigenvalue weighted by molar-refractivity contribution is 9.10. The van der Waals surface area contributed by atoms with Gasteiger partial charge in [-0.3, -0.25) is 4.79 Å². The Balaban J connectivity index is 2.39. The first-order chi connectivity index (χ1) is 8.17. The lowest BCUT2D eigenvalue weighted by Crippen LogP contribution is -2.04. The molecule has 0 aliphatic carbocycles. The average molecular weight is 303 g/mol. The Morgan fingerprint density at radius 2 is 2.12 bits per heavy atom. The quantitative estimate of drug-likeness (QED) is 0.599. The Bertz CT molecular complexity index is 379. The highest BCUT2D eigenvalue weighted by Gasteiger charge is 2.03. The zero-order chi connectivity index (χ0) is 12.7. The van der Waals surface area contributed by atoms with E-state index in [0.29, 0.717) is 19.4 Å². The van der Waals surface area contributed by atoms with Gasteiger partial charge in [0.05, 0.1) is 25.3 Å². The Labute approximate surface area is 109 Å². The van der Waals surface area contributed by atoms with Crippen molar-refractivity contribution in [3.8, 4) is 11.5 Å². The molecule has 0 amide bonds. The molecule has 1 rings (SSSR count). The van der Waals surface area contributed by atoms with E-state index in [-0.39, 0.29) is 5.97 Å². The van der Waals surface area contributed by atoms with Crippen LogP contribution in [0.3, 0.4) is 0 Å². The molecular weight excluding hydrogens is 288 g/mol. The summed E-state index contributed by atoms with van der Waals surface area (Å²) in [5.41, 5.74) is 0. The van der Waals surface area contributed by atoms with Crippen molar-refractivity contribution >= 4 is 21.9 Å². The Hall–Kier alpha value is -1.23. The van der Waals surface area contributed by atoms with E-state index >= 15 is 0 Å². The van der Waals surface area contributed by atoms with Crippen LogP contribution in [0, 0.1) is 0 Å². The SMILES string of the molecule is COC(=O)CCCOc1ccc(Br)c(OC)c1. The summed E-state index contributed by atoms with van der Waals surface area (Å²) in [4.78, 5) is 10.9. The van der Waals surface area contributed by atoms with Crippen molar-refractivity contribution in [2.75, 3.05) is 20.8 Å². The second kappa shape index (κ2) is 7.17. The number of esters is 1. The number of methoxy groups -OCH3 is 2. The molecule has 0 fully saturated rings. The van der Waals surface area contributed by atoms with Crippen LogP contribution in [-0.4, -0.2) is 26.8 Å². The Morgan fingerprint density at radius 3 is 2.76 bits per heavy atom. The van der Waals surface area contributed by atoms with E-state index in [2.05, 4.69) is 20.7 Å². The number of carbonyl (C=O) groups excluding carboxylic acids is 1. The van der Waals surface area contributed by atoms with Gasteiger partial charge in [0.2, 0.25) is 0 Å². The highest BCUT2D eigenvalue weighted by Crippen LogP contribution is 2.28. The maximum atomic E-state index is 10.9. The second-order valence-electron chi connectivity index (χ2n) is 3.32. The predicted molar refractivity (Wildman–Crippen MR) is 67.4 cm³/mol. The van der Waals surface area contributed by atoms with E-state index in [9.17, 15) is 4.79 Å². The molecular formula is C12H15BrO4. The molecule has 0 aliphatic heterocycles. The third-order valence-corrected chi connectivity index (χ3v) is 2.80. The smallest absolute Gasteiger partial charge is 0.305 e. The summed E-state index contributed by atoms with van der Waals surface area (Å²) in [5.74, 6) is 1.22. The van der Waals surface area contributed by atoms with Gasteiger partial charge in [-0.2, -0.15) is 0 Å². The first-order valence-corrected chi connectivity index (χ1v) is 6.00. The van der Waals surface area contributed by atoms with Gasteiger partial charge in [0.15, 0.2) is 0 Å². The molecule has 1 aromatic carbocycles. The van der Waals surface area contributed by atoms with Crippen LogP contribution in [0.5, 0.6) is 11.5 Å². The van der Waals surface area contributed by atoms with Gasteiger partial charge in [-0.25, -0.2) is 0 Å². The van der Waals surface area contributed by atoms with Crippen LogP contribution < -0.4 is 9.47 Å². The number of ether oxygens (including phenoxy) is 3. The number of hydrogen-bond donors (Lipinski definition) is 0. The molecule has 0 bridgehead atoms. The van der Waals surface area contributed by atoms with Crippen LogP contribution >= 0.6 is 15.9 Å². The molecule has 0 saturated carbocycles. The predicted octanol–water partition coefficient (Wildman–Crippen LogP) is 2.79. The van der Waals surface area contributed by atoms with Gasteiger partial charge in [0, 0.05) is 12.5 Å². The van der Waals surface area contributed by atoms with E-state index in [4.69, 9.17) is 9.47 Å². The third kappa shape index (κ3) is 4.65. The molecule has 5 heteroatoms. The zero-order valence-electron chi connectivity index (χ0n) is 9.86. The van der Waals surface area contributed by atoms with Crippen LogP contribution in [-0.2, 0) is 9.53 Å². The summed E-state index contributed by atoms with van der Waals surface area (Å²) in [6.45, 7) is 0.472. The van der Waals surface area contributed by atoms with Gasteiger partial charge in [-0.15, -0.1) is 0 Å². The molecule has 17 heavy (non-hydrogen) atoms. The van der Waals surface area contributed by atoms with E-state index in [1.54, 1.807) is 13.2 Å². The van der Waals surface area contributed by atoms with Crippen molar-refractivity contribution in [2.45, 2.75) is 12.8 Å². The average Bonchev–Trinajstić information content (AvgIpc) is 2.36. The Kier molecular flexibility index (Phi) is 5.83. The first-order valence-electron chi connectivity index (χ1n) is 5.20. The molecule has 4 nitrogen and oxygen atoms in total. The van der Waals surface area contributed by atoms with Crippen LogP contribution in [0.1, 0.15) is 12.8 Å². The van der Waals surface area contributed by atoms with Crippen molar-refractivity contribution < 1.29 is 19.0 Å². The number of benzene rings is 1. The van der Waals surface area contributed by atoms with Crippen LogP contribution in [0.4, 0.5) is 0 Å². The molecule has 0 unspecified atom stereocenters. The molecule has 1 aromatic rings. The molecule has 0 aliphatic rings. The summed E-state index contributed by atoms with van der Waals surface area (Å²) in [6.07, 6.45) is 0.995. The summed E-state index contributed by atoms with van der Waals surface area (Å²) in [7, 11) is 2.98. The molecule has 0 heterocycles. The molecule has 94 valence electrons.